The van der Waals surface area contributed by atoms with Crippen LogP contribution in [0.4, 0.5) is 10.5 Å². The van der Waals surface area contributed by atoms with E-state index in [2.05, 4.69) is 16.3 Å². The molecule has 0 aliphatic carbocycles. The van der Waals surface area contributed by atoms with Gasteiger partial charge in [-0.3, -0.25) is 14.9 Å². The molecule has 2 aliphatic rings. The van der Waals surface area contributed by atoms with E-state index in [1.54, 1.807) is 4.90 Å². The second-order valence-corrected chi connectivity index (χ2v) is 8.89. The van der Waals surface area contributed by atoms with Crippen LogP contribution in [-0.2, 0) is 14.3 Å². The molecule has 1 N–H and O–H groups in total. The highest BCUT2D eigenvalue weighted by Gasteiger charge is 2.29. The van der Waals surface area contributed by atoms with Crippen LogP contribution in [-0.4, -0.2) is 59.2 Å². The minimum absolute atomic E-state index is 0.208. The fourth-order valence-electron chi connectivity index (χ4n) is 4.04. The highest BCUT2D eigenvalue weighted by Crippen LogP contribution is 2.29. The zero-order chi connectivity index (χ0) is 21.5. The fourth-order valence-corrected chi connectivity index (χ4v) is 4.04. The summed E-state index contributed by atoms with van der Waals surface area (Å²) in [5.74, 6) is -0.452. The molecule has 1 aromatic carbocycles. The summed E-state index contributed by atoms with van der Waals surface area (Å²) in [7, 11) is 0. The number of aromatic nitrogens is 1. The van der Waals surface area contributed by atoms with Gasteiger partial charge in [0.25, 0.3) is 0 Å². The molecule has 8 nitrogen and oxygen atoms in total. The first-order valence-electron chi connectivity index (χ1n) is 10.4. The number of hydrogen-bond donors (Lipinski definition) is 1. The van der Waals surface area contributed by atoms with Crippen molar-refractivity contribution in [1.82, 2.24) is 14.8 Å². The van der Waals surface area contributed by atoms with Gasteiger partial charge in [0.05, 0.1) is 0 Å². The summed E-state index contributed by atoms with van der Waals surface area (Å²) < 4.78 is 7.41. The molecule has 2 saturated heterocycles. The Bertz CT molecular complexity index is 983. The third-order valence-electron chi connectivity index (χ3n) is 5.55. The largest absolute Gasteiger partial charge is 0.444 e. The summed E-state index contributed by atoms with van der Waals surface area (Å²) in [6, 6.07) is 7.83. The quantitative estimate of drug-likeness (QED) is 0.767. The van der Waals surface area contributed by atoms with Gasteiger partial charge < -0.3 is 19.1 Å². The lowest BCUT2D eigenvalue weighted by molar-refractivity contribution is -0.135. The molecular formula is C22H28N4O4. The zero-order valence-corrected chi connectivity index (χ0v) is 17.7. The summed E-state index contributed by atoms with van der Waals surface area (Å²) in [4.78, 5) is 39.9. The number of imide groups is 1. The molecule has 30 heavy (non-hydrogen) atoms. The van der Waals surface area contributed by atoms with Crippen LogP contribution in [0.3, 0.4) is 0 Å². The Balaban J connectivity index is 1.45. The van der Waals surface area contributed by atoms with Crippen LogP contribution in [0, 0.1) is 0 Å². The van der Waals surface area contributed by atoms with Gasteiger partial charge in [-0.1, -0.05) is 0 Å². The number of piperazine rings is 1. The summed E-state index contributed by atoms with van der Waals surface area (Å²) in [6.07, 6.45) is 2.52. The Hall–Kier alpha value is -3.03. The van der Waals surface area contributed by atoms with Gasteiger partial charge in [-0.05, 0) is 51.5 Å². The van der Waals surface area contributed by atoms with Crippen molar-refractivity contribution in [1.29, 1.82) is 0 Å². The van der Waals surface area contributed by atoms with Crippen molar-refractivity contribution in [2.45, 2.75) is 45.3 Å². The third-order valence-corrected chi connectivity index (χ3v) is 5.55. The average Bonchev–Trinajstić information content (AvgIpc) is 3.10. The van der Waals surface area contributed by atoms with Crippen molar-refractivity contribution < 1.29 is 19.1 Å². The van der Waals surface area contributed by atoms with Crippen LogP contribution in [0.25, 0.3) is 10.9 Å². The number of hydrogen-bond acceptors (Lipinski definition) is 5. The van der Waals surface area contributed by atoms with E-state index in [9.17, 15) is 14.4 Å². The van der Waals surface area contributed by atoms with Crippen LogP contribution >= 0.6 is 0 Å². The number of amides is 3. The number of carbonyl (C=O) groups is 3. The van der Waals surface area contributed by atoms with Gasteiger partial charge in [0.2, 0.25) is 11.8 Å². The lowest BCUT2D eigenvalue weighted by Crippen LogP contribution is -2.50. The zero-order valence-electron chi connectivity index (χ0n) is 17.7. The van der Waals surface area contributed by atoms with Crippen molar-refractivity contribution >= 4 is 34.5 Å². The average molecular weight is 412 g/mol. The van der Waals surface area contributed by atoms with Gasteiger partial charge in [-0.2, -0.15) is 0 Å². The maximum atomic E-state index is 12.3. The molecule has 0 saturated carbocycles. The standard InChI is InChI=1S/C22H28N4O4/c1-22(2,3)30-21(29)25-12-10-24(11-13-25)16-4-5-17-15(14-16)8-9-26(17)18-6-7-19(27)23-20(18)28/h4-5,8-9,14,18H,6-7,10-13H2,1-3H3,(H,23,27,28). The maximum absolute atomic E-state index is 12.3. The minimum Gasteiger partial charge on any atom is -0.444 e. The molecular weight excluding hydrogens is 384 g/mol. The number of nitrogens with zero attached hydrogens (tertiary/aromatic N) is 3. The minimum atomic E-state index is -0.491. The van der Waals surface area contributed by atoms with Gasteiger partial charge in [0, 0.05) is 55.4 Å². The second kappa shape index (κ2) is 7.66. The van der Waals surface area contributed by atoms with Crippen LogP contribution in [0.15, 0.2) is 30.5 Å². The van der Waals surface area contributed by atoms with Crippen LogP contribution in [0.1, 0.15) is 39.7 Å². The van der Waals surface area contributed by atoms with Crippen molar-refractivity contribution in [2.24, 2.45) is 0 Å². The van der Waals surface area contributed by atoms with Crippen LogP contribution in [0.2, 0.25) is 0 Å². The normalized spacial score (nSPS) is 20.4. The topological polar surface area (TPSA) is 83.9 Å². The second-order valence-electron chi connectivity index (χ2n) is 8.89. The number of anilines is 1. The number of ether oxygens (including phenoxy) is 1. The lowest BCUT2D eigenvalue weighted by atomic mass is 10.1. The number of nitrogens with one attached hydrogen (secondary N) is 1. The molecule has 160 valence electrons. The molecule has 3 amide bonds. The maximum Gasteiger partial charge on any atom is 0.410 e. The summed E-state index contributed by atoms with van der Waals surface area (Å²) >= 11 is 0. The van der Waals surface area contributed by atoms with Crippen molar-refractivity contribution in [3.8, 4) is 0 Å². The van der Waals surface area contributed by atoms with Crippen LogP contribution in [0.5, 0.6) is 0 Å². The first-order chi connectivity index (χ1) is 14.2. The monoisotopic (exact) mass is 412 g/mol. The first kappa shape index (κ1) is 20.3. The van der Waals surface area contributed by atoms with Gasteiger partial charge >= 0.3 is 6.09 Å². The molecule has 0 spiro atoms. The fraction of sp³-hybridized carbons (Fsp3) is 0.500. The van der Waals surface area contributed by atoms with E-state index in [1.165, 1.54) is 0 Å². The highest BCUT2D eigenvalue weighted by molar-refractivity contribution is 6.00. The van der Waals surface area contributed by atoms with Crippen molar-refractivity contribution in [2.75, 3.05) is 31.1 Å². The molecule has 4 rings (SSSR count). The molecule has 1 atom stereocenters. The molecule has 1 aromatic heterocycles. The number of piperidine rings is 1. The number of fused-ring (bicyclic) bond motifs is 1. The summed E-state index contributed by atoms with van der Waals surface area (Å²) in [5.41, 5.74) is 1.57. The SMILES string of the molecule is CC(C)(C)OC(=O)N1CCN(c2ccc3c(ccn3C3CCC(=O)NC3=O)c2)CC1. The van der Waals surface area contributed by atoms with E-state index < -0.39 is 5.60 Å². The Morgan fingerprint density at radius 2 is 1.83 bits per heavy atom. The number of carbonyl (C=O) groups excluding carboxylic acids is 3. The molecule has 1 unspecified atom stereocenters. The molecule has 2 aromatic rings. The van der Waals surface area contributed by atoms with E-state index in [4.69, 9.17) is 4.74 Å². The predicted molar refractivity (Wildman–Crippen MR) is 113 cm³/mol. The Kier molecular flexibility index (Phi) is 5.17. The molecule has 2 aliphatic heterocycles. The lowest BCUT2D eigenvalue weighted by Gasteiger charge is -2.36. The number of benzene rings is 1. The molecule has 8 heteroatoms. The Labute approximate surface area is 175 Å². The van der Waals surface area contributed by atoms with E-state index in [-0.39, 0.29) is 23.9 Å². The molecule has 3 heterocycles. The first-order valence-corrected chi connectivity index (χ1v) is 10.4. The molecule has 0 radical (unpaired) electrons. The van der Waals surface area contributed by atoms with E-state index in [0.29, 0.717) is 25.9 Å². The molecule has 0 bridgehead atoms. The Morgan fingerprint density at radius 1 is 1.10 bits per heavy atom. The van der Waals surface area contributed by atoms with Gasteiger partial charge in [-0.15, -0.1) is 0 Å². The molecule has 2 fully saturated rings. The van der Waals surface area contributed by atoms with E-state index in [0.717, 1.165) is 29.7 Å². The van der Waals surface area contributed by atoms with Crippen LogP contribution < -0.4 is 10.2 Å². The van der Waals surface area contributed by atoms with Crippen molar-refractivity contribution in [3.05, 3.63) is 30.5 Å². The van der Waals surface area contributed by atoms with Gasteiger partial charge in [0.1, 0.15) is 11.6 Å². The Morgan fingerprint density at radius 3 is 2.50 bits per heavy atom. The highest BCUT2D eigenvalue weighted by atomic mass is 16.6. The smallest absolute Gasteiger partial charge is 0.410 e. The van der Waals surface area contributed by atoms with E-state index >= 15 is 0 Å². The van der Waals surface area contributed by atoms with E-state index in [1.807, 2.05) is 49.7 Å². The number of rotatable bonds is 2. The van der Waals surface area contributed by atoms with Gasteiger partial charge in [0.15, 0.2) is 0 Å². The summed E-state index contributed by atoms with van der Waals surface area (Å²) in [5, 5.41) is 3.47. The summed E-state index contributed by atoms with van der Waals surface area (Å²) in [6.45, 7) is 8.32. The predicted octanol–water partition coefficient (Wildman–Crippen LogP) is 2.68. The van der Waals surface area contributed by atoms with Crippen molar-refractivity contribution in [3.63, 3.8) is 0 Å². The van der Waals surface area contributed by atoms with Gasteiger partial charge in [-0.25, -0.2) is 4.79 Å². The third kappa shape index (κ3) is 4.13.